The van der Waals surface area contributed by atoms with E-state index in [1.54, 1.807) is 50.2 Å². The van der Waals surface area contributed by atoms with E-state index in [9.17, 15) is 19.6 Å². The number of hydrogen-bond donors (Lipinski definition) is 1. The highest BCUT2D eigenvalue weighted by Crippen LogP contribution is 2.43. The minimum absolute atomic E-state index is 0.0297. The van der Waals surface area contributed by atoms with Crippen molar-refractivity contribution in [2.75, 3.05) is 26.2 Å². The van der Waals surface area contributed by atoms with Crippen molar-refractivity contribution in [3.8, 4) is 6.07 Å². The van der Waals surface area contributed by atoms with Crippen LogP contribution in [-0.2, 0) is 23.8 Å². The highest BCUT2D eigenvalue weighted by molar-refractivity contribution is 6.06. The van der Waals surface area contributed by atoms with Gasteiger partial charge in [0.25, 0.3) is 0 Å². The third-order valence-electron chi connectivity index (χ3n) is 5.93. The molecule has 0 aliphatic carbocycles. The van der Waals surface area contributed by atoms with Crippen LogP contribution in [0, 0.1) is 25.2 Å². The van der Waals surface area contributed by atoms with Crippen LogP contribution in [0.25, 0.3) is 0 Å². The van der Waals surface area contributed by atoms with Crippen molar-refractivity contribution in [1.82, 2.24) is 0 Å². The number of anilines is 1. The number of aryl methyl sites for hydroxylation is 1. The second-order valence-electron chi connectivity index (χ2n) is 7.76. The predicted molar refractivity (Wildman–Crippen MR) is 127 cm³/mol. The number of carbonyl (C=O) groups is 3. The highest BCUT2D eigenvalue weighted by Gasteiger charge is 2.43. The van der Waals surface area contributed by atoms with Crippen LogP contribution in [0.15, 0.2) is 65.1 Å². The molecule has 1 unspecified atom stereocenters. The maximum atomic E-state index is 13.1. The summed E-state index contributed by atoms with van der Waals surface area (Å²) < 4.78 is 14.9. The average molecular weight is 476 g/mol. The van der Waals surface area contributed by atoms with Crippen LogP contribution < -0.4 is 10.6 Å². The molecular weight excluding hydrogens is 450 g/mol. The molecule has 1 aliphatic rings. The van der Waals surface area contributed by atoms with E-state index in [4.69, 9.17) is 19.9 Å². The highest BCUT2D eigenvalue weighted by atomic mass is 16.5. The Morgan fingerprint density at radius 2 is 1.54 bits per heavy atom. The predicted octanol–water partition coefficient (Wildman–Crippen LogP) is 2.99. The van der Waals surface area contributed by atoms with Gasteiger partial charge in [0, 0.05) is 5.69 Å². The second-order valence-corrected chi connectivity index (χ2v) is 7.76. The standard InChI is InChI=1S/C26H25N3O6/c1-14-11-17(12-18(15(14)2)24(30)33-3)29-22(26(32)35-5)21(25(31)34-4)20(19(13-27)23(29)28)16-9-7-6-8-10-16/h6-12,20H,28H2,1-5H3. The molecule has 9 heteroatoms. The van der Waals surface area contributed by atoms with Crippen molar-refractivity contribution < 1.29 is 28.6 Å². The van der Waals surface area contributed by atoms with Crippen LogP contribution >= 0.6 is 0 Å². The van der Waals surface area contributed by atoms with Crippen molar-refractivity contribution in [3.05, 3.63) is 87.4 Å². The molecule has 2 aromatic rings. The number of benzene rings is 2. The Morgan fingerprint density at radius 3 is 2.09 bits per heavy atom. The molecule has 0 spiro atoms. The van der Waals surface area contributed by atoms with Gasteiger partial charge in [0.2, 0.25) is 0 Å². The van der Waals surface area contributed by atoms with Crippen molar-refractivity contribution in [2.24, 2.45) is 5.73 Å². The van der Waals surface area contributed by atoms with E-state index in [1.165, 1.54) is 32.3 Å². The van der Waals surface area contributed by atoms with Crippen LogP contribution in [0.5, 0.6) is 0 Å². The average Bonchev–Trinajstić information content (AvgIpc) is 2.88. The second kappa shape index (κ2) is 10.1. The van der Waals surface area contributed by atoms with E-state index in [0.717, 1.165) is 0 Å². The fourth-order valence-electron chi connectivity index (χ4n) is 4.07. The number of allylic oxidation sites excluding steroid dienone is 1. The van der Waals surface area contributed by atoms with Crippen molar-refractivity contribution in [1.29, 1.82) is 5.26 Å². The fraction of sp³-hybridized carbons (Fsp3) is 0.231. The van der Waals surface area contributed by atoms with Gasteiger partial charge >= 0.3 is 17.9 Å². The summed E-state index contributed by atoms with van der Waals surface area (Å²) in [6.07, 6.45) is 0. The van der Waals surface area contributed by atoms with Crippen molar-refractivity contribution in [2.45, 2.75) is 19.8 Å². The van der Waals surface area contributed by atoms with Gasteiger partial charge < -0.3 is 19.9 Å². The van der Waals surface area contributed by atoms with E-state index in [1.807, 2.05) is 0 Å². The van der Waals surface area contributed by atoms with Gasteiger partial charge in [-0.2, -0.15) is 5.26 Å². The summed E-state index contributed by atoms with van der Waals surface area (Å²) in [5.41, 5.74) is 8.63. The van der Waals surface area contributed by atoms with Gasteiger partial charge in [-0.05, 0) is 42.7 Å². The zero-order valence-electron chi connectivity index (χ0n) is 20.0. The fourth-order valence-corrected chi connectivity index (χ4v) is 4.07. The van der Waals surface area contributed by atoms with Crippen LogP contribution in [0.1, 0.15) is 33.0 Å². The van der Waals surface area contributed by atoms with Gasteiger partial charge in [-0.15, -0.1) is 0 Å². The lowest BCUT2D eigenvalue weighted by molar-refractivity contribution is -0.139. The Kier molecular flexibility index (Phi) is 7.25. The molecule has 0 bridgehead atoms. The monoisotopic (exact) mass is 475 g/mol. The van der Waals surface area contributed by atoms with Gasteiger partial charge in [-0.25, -0.2) is 14.4 Å². The summed E-state index contributed by atoms with van der Waals surface area (Å²) in [6, 6.07) is 14.0. The molecule has 1 atom stereocenters. The topological polar surface area (TPSA) is 132 Å². The van der Waals surface area contributed by atoms with E-state index in [0.29, 0.717) is 16.7 Å². The lowest BCUT2D eigenvalue weighted by Gasteiger charge is -2.36. The van der Waals surface area contributed by atoms with E-state index in [2.05, 4.69) is 6.07 Å². The van der Waals surface area contributed by atoms with E-state index in [-0.39, 0.29) is 33.9 Å². The maximum Gasteiger partial charge on any atom is 0.355 e. The number of nitrogens with zero attached hydrogens (tertiary/aromatic N) is 2. The molecule has 2 N–H and O–H groups in total. The number of carbonyl (C=O) groups excluding carboxylic acids is 3. The minimum Gasteiger partial charge on any atom is -0.466 e. The molecule has 0 radical (unpaired) electrons. The number of esters is 3. The Bertz CT molecular complexity index is 1300. The lowest BCUT2D eigenvalue weighted by Crippen LogP contribution is -2.41. The molecule has 0 saturated heterocycles. The van der Waals surface area contributed by atoms with Crippen LogP contribution in [0.3, 0.4) is 0 Å². The molecule has 0 fully saturated rings. The van der Waals surface area contributed by atoms with Gasteiger partial charge in [0.15, 0.2) is 0 Å². The summed E-state index contributed by atoms with van der Waals surface area (Å²) in [6.45, 7) is 3.53. The van der Waals surface area contributed by atoms with Crippen LogP contribution in [0.4, 0.5) is 5.69 Å². The molecule has 9 nitrogen and oxygen atoms in total. The number of ether oxygens (including phenoxy) is 3. The van der Waals surface area contributed by atoms with E-state index < -0.39 is 23.8 Å². The zero-order valence-corrected chi connectivity index (χ0v) is 20.0. The smallest absolute Gasteiger partial charge is 0.355 e. The van der Waals surface area contributed by atoms with Gasteiger partial charge in [0.1, 0.15) is 11.5 Å². The van der Waals surface area contributed by atoms with Crippen molar-refractivity contribution in [3.63, 3.8) is 0 Å². The number of rotatable bonds is 5. The summed E-state index contributed by atoms with van der Waals surface area (Å²) in [5, 5.41) is 10.1. The SMILES string of the molecule is COC(=O)C1=C(C(=O)OC)N(c2cc(C)c(C)c(C(=O)OC)c2)C(N)=C(C#N)C1c1ccccc1. The summed E-state index contributed by atoms with van der Waals surface area (Å²) in [7, 11) is 3.60. The number of nitrogens with two attached hydrogens (primary N) is 1. The molecular formula is C26H25N3O6. The molecule has 3 rings (SSSR count). The first-order valence-electron chi connectivity index (χ1n) is 10.6. The number of hydrogen-bond acceptors (Lipinski definition) is 9. The van der Waals surface area contributed by atoms with Crippen LogP contribution in [-0.4, -0.2) is 39.2 Å². The molecule has 2 aromatic carbocycles. The van der Waals surface area contributed by atoms with Gasteiger partial charge in [-0.1, -0.05) is 30.3 Å². The molecule has 35 heavy (non-hydrogen) atoms. The summed E-state index contributed by atoms with van der Waals surface area (Å²) in [4.78, 5) is 39.9. The van der Waals surface area contributed by atoms with Gasteiger partial charge in [0.05, 0.1) is 50.0 Å². The molecule has 0 saturated carbocycles. The van der Waals surface area contributed by atoms with E-state index >= 15 is 0 Å². The largest absolute Gasteiger partial charge is 0.466 e. The first-order valence-corrected chi connectivity index (χ1v) is 10.6. The molecule has 180 valence electrons. The lowest BCUT2D eigenvalue weighted by atomic mass is 9.80. The molecule has 0 aromatic heterocycles. The molecule has 1 heterocycles. The quantitative estimate of drug-likeness (QED) is 0.512. The number of nitriles is 1. The molecule has 1 aliphatic heterocycles. The first kappa shape index (κ1) is 25.1. The Hall–Kier alpha value is -4.58. The summed E-state index contributed by atoms with van der Waals surface area (Å²) in [5.74, 6) is -3.36. The number of methoxy groups -OCH3 is 3. The molecule has 0 amide bonds. The van der Waals surface area contributed by atoms with Crippen LogP contribution in [0.2, 0.25) is 0 Å². The zero-order chi connectivity index (χ0) is 25.9. The Balaban J connectivity index is 2.45. The third kappa shape index (κ3) is 4.34. The van der Waals surface area contributed by atoms with Crippen molar-refractivity contribution >= 4 is 23.6 Å². The third-order valence-corrected chi connectivity index (χ3v) is 5.93. The van der Waals surface area contributed by atoms with Gasteiger partial charge in [-0.3, -0.25) is 4.90 Å². The summed E-state index contributed by atoms with van der Waals surface area (Å²) >= 11 is 0. The minimum atomic E-state index is -0.981. The normalized spacial score (nSPS) is 15.4. The maximum absolute atomic E-state index is 13.1. The first-order chi connectivity index (χ1) is 16.7. The Morgan fingerprint density at radius 1 is 0.943 bits per heavy atom. The Labute approximate surface area is 203 Å².